The fourth-order valence-corrected chi connectivity index (χ4v) is 3.28. The SMILES string of the molecule is Cc1ccc(F)c(C(N)c2cccc3ccsc23)c1. The second-order valence-electron chi connectivity index (χ2n) is 4.69. The van der Waals surface area contributed by atoms with Crippen LogP contribution in [0.4, 0.5) is 4.39 Å². The normalized spacial score (nSPS) is 12.8. The van der Waals surface area contributed by atoms with Crippen LogP contribution in [0.3, 0.4) is 0 Å². The molecule has 1 aromatic heterocycles. The Balaban J connectivity index is 2.15. The van der Waals surface area contributed by atoms with Gasteiger partial charge in [0.1, 0.15) is 5.82 Å². The van der Waals surface area contributed by atoms with Gasteiger partial charge in [-0.25, -0.2) is 4.39 Å². The van der Waals surface area contributed by atoms with E-state index in [1.165, 1.54) is 6.07 Å². The smallest absolute Gasteiger partial charge is 0.128 e. The number of rotatable bonds is 2. The number of benzene rings is 2. The molecule has 1 unspecified atom stereocenters. The van der Waals surface area contributed by atoms with Crippen molar-refractivity contribution < 1.29 is 4.39 Å². The van der Waals surface area contributed by atoms with Crippen molar-refractivity contribution in [3.05, 3.63) is 70.4 Å². The third kappa shape index (κ3) is 2.15. The van der Waals surface area contributed by atoms with Crippen molar-refractivity contribution in [1.29, 1.82) is 0 Å². The Morgan fingerprint density at radius 3 is 2.79 bits per heavy atom. The van der Waals surface area contributed by atoms with E-state index in [1.54, 1.807) is 17.4 Å². The number of fused-ring (bicyclic) bond motifs is 1. The lowest BCUT2D eigenvalue weighted by Crippen LogP contribution is -2.14. The van der Waals surface area contributed by atoms with E-state index in [0.717, 1.165) is 21.2 Å². The molecule has 96 valence electrons. The highest BCUT2D eigenvalue weighted by Crippen LogP contribution is 2.32. The van der Waals surface area contributed by atoms with Crippen LogP contribution in [0.15, 0.2) is 47.8 Å². The zero-order valence-corrected chi connectivity index (χ0v) is 11.4. The molecule has 2 aromatic carbocycles. The van der Waals surface area contributed by atoms with Gasteiger partial charge in [-0.2, -0.15) is 0 Å². The van der Waals surface area contributed by atoms with Gasteiger partial charge in [0.15, 0.2) is 0 Å². The van der Waals surface area contributed by atoms with Crippen LogP contribution in [0.5, 0.6) is 0 Å². The number of nitrogens with two attached hydrogens (primary N) is 1. The lowest BCUT2D eigenvalue weighted by Gasteiger charge is -2.15. The minimum Gasteiger partial charge on any atom is -0.320 e. The van der Waals surface area contributed by atoms with E-state index in [2.05, 4.69) is 12.1 Å². The Bertz CT molecular complexity index is 732. The van der Waals surface area contributed by atoms with Crippen LogP contribution in [0.1, 0.15) is 22.7 Å². The summed E-state index contributed by atoms with van der Waals surface area (Å²) in [6.07, 6.45) is 0. The highest BCUT2D eigenvalue weighted by atomic mass is 32.1. The lowest BCUT2D eigenvalue weighted by molar-refractivity contribution is 0.599. The molecule has 0 aliphatic carbocycles. The lowest BCUT2D eigenvalue weighted by atomic mass is 9.97. The quantitative estimate of drug-likeness (QED) is 0.734. The largest absolute Gasteiger partial charge is 0.320 e. The summed E-state index contributed by atoms with van der Waals surface area (Å²) in [7, 11) is 0. The van der Waals surface area contributed by atoms with Gasteiger partial charge in [0.25, 0.3) is 0 Å². The summed E-state index contributed by atoms with van der Waals surface area (Å²) in [6.45, 7) is 1.95. The fourth-order valence-electron chi connectivity index (χ4n) is 2.33. The molecule has 3 aromatic rings. The van der Waals surface area contributed by atoms with Crippen molar-refractivity contribution in [2.24, 2.45) is 5.73 Å². The second-order valence-corrected chi connectivity index (χ2v) is 5.60. The Hall–Kier alpha value is -1.71. The standard InChI is InChI=1S/C16H14FNS/c1-10-5-6-14(17)13(9-10)15(18)12-4-2-3-11-7-8-19-16(11)12/h2-9,15H,18H2,1H3. The first-order chi connectivity index (χ1) is 9.16. The zero-order chi connectivity index (χ0) is 13.4. The molecule has 1 nitrogen and oxygen atoms in total. The molecule has 0 aliphatic heterocycles. The van der Waals surface area contributed by atoms with Crippen molar-refractivity contribution in [2.75, 3.05) is 0 Å². The molecule has 0 amide bonds. The minimum atomic E-state index is -0.428. The number of halogens is 1. The van der Waals surface area contributed by atoms with Crippen LogP contribution in [-0.2, 0) is 0 Å². The number of hydrogen-bond donors (Lipinski definition) is 1. The summed E-state index contributed by atoms with van der Waals surface area (Å²) in [5.74, 6) is -0.244. The van der Waals surface area contributed by atoms with E-state index in [0.29, 0.717) is 5.56 Å². The average Bonchev–Trinajstić information content (AvgIpc) is 2.89. The van der Waals surface area contributed by atoms with Crippen molar-refractivity contribution in [3.63, 3.8) is 0 Å². The maximum Gasteiger partial charge on any atom is 0.128 e. The highest BCUT2D eigenvalue weighted by molar-refractivity contribution is 7.17. The van der Waals surface area contributed by atoms with Gasteiger partial charge in [-0.05, 0) is 35.4 Å². The molecule has 0 fully saturated rings. The topological polar surface area (TPSA) is 26.0 Å². The monoisotopic (exact) mass is 271 g/mol. The maximum absolute atomic E-state index is 14.0. The molecule has 19 heavy (non-hydrogen) atoms. The Kier molecular flexibility index (Phi) is 3.09. The van der Waals surface area contributed by atoms with Gasteiger partial charge in [-0.1, -0.05) is 35.9 Å². The summed E-state index contributed by atoms with van der Waals surface area (Å²) >= 11 is 1.64. The molecular formula is C16H14FNS. The van der Waals surface area contributed by atoms with Gasteiger partial charge < -0.3 is 5.73 Å². The Morgan fingerprint density at radius 2 is 1.95 bits per heavy atom. The average molecular weight is 271 g/mol. The Morgan fingerprint density at radius 1 is 1.11 bits per heavy atom. The van der Waals surface area contributed by atoms with Gasteiger partial charge in [0, 0.05) is 10.3 Å². The molecule has 0 saturated heterocycles. The molecule has 0 radical (unpaired) electrons. The minimum absolute atomic E-state index is 0.244. The molecule has 0 spiro atoms. The van der Waals surface area contributed by atoms with E-state index >= 15 is 0 Å². The van der Waals surface area contributed by atoms with Gasteiger partial charge in [0.05, 0.1) is 6.04 Å². The summed E-state index contributed by atoms with van der Waals surface area (Å²) in [5, 5.41) is 3.19. The van der Waals surface area contributed by atoms with Gasteiger partial charge in [0.2, 0.25) is 0 Å². The van der Waals surface area contributed by atoms with E-state index in [1.807, 2.05) is 30.5 Å². The van der Waals surface area contributed by atoms with Crippen LogP contribution < -0.4 is 5.73 Å². The van der Waals surface area contributed by atoms with Crippen LogP contribution in [-0.4, -0.2) is 0 Å². The number of thiophene rings is 1. The first kappa shape index (κ1) is 12.3. The second kappa shape index (κ2) is 4.76. The van der Waals surface area contributed by atoms with Crippen LogP contribution >= 0.6 is 11.3 Å². The molecule has 3 heteroatoms. The van der Waals surface area contributed by atoms with Crippen molar-refractivity contribution in [2.45, 2.75) is 13.0 Å². The molecule has 3 rings (SSSR count). The van der Waals surface area contributed by atoms with E-state index < -0.39 is 6.04 Å². The first-order valence-electron chi connectivity index (χ1n) is 6.14. The summed E-state index contributed by atoms with van der Waals surface area (Å²) < 4.78 is 15.1. The van der Waals surface area contributed by atoms with E-state index in [-0.39, 0.29) is 5.82 Å². The predicted molar refractivity (Wildman–Crippen MR) is 79.0 cm³/mol. The summed E-state index contributed by atoms with van der Waals surface area (Å²) in [6, 6.07) is 12.7. The van der Waals surface area contributed by atoms with Gasteiger partial charge in [-0.3, -0.25) is 0 Å². The molecule has 0 aliphatic rings. The van der Waals surface area contributed by atoms with Crippen molar-refractivity contribution >= 4 is 21.4 Å². The highest BCUT2D eigenvalue weighted by Gasteiger charge is 2.16. The number of hydrogen-bond acceptors (Lipinski definition) is 2. The fraction of sp³-hybridized carbons (Fsp3) is 0.125. The van der Waals surface area contributed by atoms with Crippen molar-refractivity contribution in [1.82, 2.24) is 0 Å². The third-order valence-electron chi connectivity index (χ3n) is 3.33. The van der Waals surface area contributed by atoms with Crippen molar-refractivity contribution in [3.8, 4) is 0 Å². The van der Waals surface area contributed by atoms with E-state index in [4.69, 9.17) is 5.73 Å². The van der Waals surface area contributed by atoms with E-state index in [9.17, 15) is 4.39 Å². The first-order valence-corrected chi connectivity index (χ1v) is 7.02. The summed E-state index contributed by atoms with van der Waals surface area (Å²) in [5.41, 5.74) is 8.84. The van der Waals surface area contributed by atoms with Crippen LogP contribution in [0.2, 0.25) is 0 Å². The molecule has 1 heterocycles. The maximum atomic E-state index is 14.0. The number of aryl methyl sites for hydroxylation is 1. The Labute approximate surface area is 115 Å². The molecule has 0 saturated carbocycles. The van der Waals surface area contributed by atoms with Crippen LogP contribution in [0, 0.1) is 12.7 Å². The van der Waals surface area contributed by atoms with Crippen LogP contribution in [0.25, 0.3) is 10.1 Å². The van der Waals surface area contributed by atoms with Gasteiger partial charge in [-0.15, -0.1) is 11.3 Å². The third-order valence-corrected chi connectivity index (χ3v) is 4.31. The zero-order valence-electron chi connectivity index (χ0n) is 10.6. The molecule has 1 atom stereocenters. The summed E-state index contributed by atoms with van der Waals surface area (Å²) in [4.78, 5) is 0. The van der Waals surface area contributed by atoms with Gasteiger partial charge >= 0.3 is 0 Å². The molecular weight excluding hydrogens is 257 g/mol. The predicted octanol–water partition coefficient (Wildman–Crippen LogP) is 4.40. The molecule has 0 bridgehead atoms. The molecule has 2 N–H and O–H groups in total.